The number of carbonyl (C=O) groups excluding carboxylic acids is 2. The molecular weight excluding hydrogens is 290 g/mol. The fraction of sp³-hybridized carbons (Fsp3) is 0.125. The second kappa shape index (κ2) is 6.41. The van der Waals surface area contributed by atoms with Crippen LogP contribution in [-0.2, 0) is 0 Å². The standard InChI is InChI=1S/C16H14ClNO3/c1-10(15(19)11-2-6-13(17)7-3-11)21-14-8-4-12(5-9-14)16(18)20/h2-10H,1H3,(H2,18,20). The van der Waals surface area contributed by atoms with Crippen molar-refractivity contribution in [3.63, 3.8) is 0 Å². The molecule has 0 aliphatic rings. The summed E-state index contributed by atoms with van der Waals surface area (Å²) in [6, 6.07) is 12.9. The smallest absolute Gasteiger partial charge is 0.248 e. The third-order valence-electron chi connectivity index (χ3n) is 2.95. The highest BCUT2D eigenvalue weighted by Gasteiger charge is 2.17. The van der Waals surface area contributed by atoms with E-state index in [0.29, 0.717) is 21.9 Å². The summed E-state index contributed by atoms with van der Waals surface area (Å²) in [7, 11) is 0. The molecule has 1 amide bonds. The van der Waals surface area contributed by atoms with Gasteiger partial charge in [0, 0.05) is 16.1 Å². The Hall–Kier alpha value is -2.33. The number of Topliss-reactive ketones (excluding diaryl/α,β-unsaturated/α-hetero) is 1. The van der Waals surface area contributed by atoms with Crippen molar-refractivity contribution in [3.8, 4) is 5.75 Å². The number of amides is 1. The average Bonchev–Trinajstić information content (AvgIpc) is 2.47. The normalized spacial score (nSPS) is 11.7. The predicted octanol–water partition coefficient (Wildman–Crippen LogP) is 3.09. The Morgan fingerprint density at radius 2 is 1.52 bits per heavy atom. The molecule has 5 heteroatoms. The highest BCUT2D eigenvalue weighted by atomic mass is 35.5. The average molecular weight is 304 g/mol. The lowest BCUT2D eigenvalue weighted by molar-refractivity contribution is 0.0817. The molecule has 0 aliphatic heterocycles. The molecule has 0 radical (unpaired) electrons. The largest absolute Gasteiger partial charge is 0.483 e. The van der Waals surface area contributed by atoms with E-state index in [4.69, 9.17) is 22.1 Å². The minimum atomic E-state index is -0.648. The maximum absolute atomic E-state index is 12.2. The molecule has 21 heavy (non-hydrogen) atoms. The Balaban J connectivity index is 2.06. The number of ketones is 1. The Morgan fingerprint density at radius 1 is 1.00 bits per heavy atom. The minimum Gasteiger partial charge on any atom is -0.483 e. The Bertz CT molecular complexity index is 650. The minimum absolute atomic E-state index is 0.148. The molecule has 0 saturated heterocycles. The number of halogens is 1. The van der Waals surface area contributed by atoms with E-state index in [2.05, 4.69) is 0 Å². The second-order valence-corrected chi connectivity index (χ2v) is 4.96. The SMILES string of the molecule is CC(Oc1ccc(C(N)=O)cc1)C(=O)c1ccc(Cl)cc1. The van der Waals surface area contributed by atoms with E-state index in [-0.39, 0.29) is 5.78 Å². The van der Waals surface area contributed by atoms with Crippen molar-refractivity contribution in [2.24, 2.45) is 5.73 Å². The van der Waals surface area contributed by atoms with Crippen LogP contribution >= 0.6 is 11.6 Å². The third-order valence-corrected chi connectivity index (χ3v) is 3.20. The maximum Gasteiger partial charge on any atom is 0.248 e. The maximum atomic E-state index is 12.2. The first-order chi connectivity index (χ1) is 9.97. The van der Waals surface area contributed by atoms with Crippen molar-refractivity contribution in [2.75, 3.05) is 0 Å². The van der Waals surface area contributed by atoms with Gasteiger partial charge in [0.05, 0.1) is 0 Å². The van der Waals surface area contributed by atoms with Crippen LogP contribution in [0.4, 0.5) is 0 Å². The molecule has 2 N–H and O–H groups in total. The van der Waals surface area contributed by atoms with Gasteiger partial charge in [-0.1, -0.05) is 11.6 Å². The zero-order valence-electron chi connectivity index (χ0n) is 11.4. The molecule has 1 unspecified atom stereocenters. The molecule has 2 aromatic carbocycles. The lowest BCUT2D eigenvalue weighted by Crippen LogP contribution is -2.23. The van der Waals surface area contributed by atoms with Gasteiger partial charge in [0.25, 0.3) is 0 Å². The second-order valence-electron chi connectivity index (χ2n) is 4.52. The number of hydrogen-bond donors (Lipinski definition) is 1. The summed E-state index contributed by atoms with van der Waals surface area (Å²) in [6.45, 7) is 1.67. The lowest BCUT2D eigenvalue weighted by Gasteiger charge is -2.14. The van der Waals surface area contributed by atoms with Crippen LogP contribution in [0.15, 0.2) is 48.5 Å². The van der Waals surface area contributed by atoms with Crippen molar-refractivity contribution in [1.29, 1.82) is 0 Å². The zero-order valence-corrected chi connectivity index (χ0v) is 12.1. The van der Waals surface area contributed by atoms with Gasteiger partial charge in [-0.25, -0.2) is 0 Å². The molecule has 2 aromatic rings. The summed E-state index contributed by atoms with van der Waals surface area (Å²) < 4.78 is 5.56. The quantitative estimate of drug-likeness (QED) is 0.863. The topological polar surface area (TPSA) is 69.4 Å². The molecule has 4 nitrogen and oxygen atoms in total. The lowest BCUT2D eigenvalue weighted by atomic mass is 10.1. The van der Waals surface area contributed by atoms with Crippen molar-refractivity contribution in [3.05, 3.63) is 64.7 Å². The van der Waals surface area contributed by atoms with Crippen molar-refractivity contribution in [1.82, 2.24) is 0 Å². The molecule has 0 aromatic heterocycles. The summed E-state index contributed by atoms with van der Waals surface area (Å²) in [5, 5.41) is 0.571. The molecule has 0 aliphatic carbocycles. The molecule has 0 saturated carbocycles. The molecule has 1 atom stereocenters. The first-order valence-electron chi connectivity index (χ1n) is 6.33. The van der Waals surface area contributed by atoms with Gasteiger partial charge in [0.2, 0.25) is 11.7 Å². The number of ether oxygens (including phenoxy) is 1. The van der Waals surface area contributed by atoms with Crippen LogP contribution in [0.3, 0.4) is 0 Å². The molecule has 0 bridgehead atoms. The molecule has 0 spiro atoms. The van der Waals surface area contributed by atoms with Crippen LogP contribution in [0.5, 0.6) is 5.75 Å². The van der Waals surface area contributed by atoms with Gasteiger partial charge in [-0.05, 0) is 55.5 Å². The molecule has 2 rings (SSSR count). The summed E-state index contributed by atoms with van der Waals surface area (Å²) in [5.74, 6) is -0.160. The van der Waals surface area contributed by atoms with Gasteiger partial charge in [0.15, 0.2) is 6.10 Å². The van der Waals surface area contributed by atoms with E-state index >= 15 is 0 Å². The van der Waals surface area contributed by atoms with Crippen molar-refractivity contribution >= 4 is 23.3 Å². The van der Waals surface area contributed by atoms with Crippen LogP contribution in [0.2, 0.25) is 5.02 Å². The van der Waals surface area contributed by atoms with Gasteiger partial charge in [-0.15, -0.1) is 0 Å². The fourth-order valence-electron chi connectivity index (χ4n) is 1.80. The molecule has 0 fully saturated rings. The fourth-order valence-corrected chi connectivity index (χ4v) is 1.93. The number of carbonyl (C=O) groups is 2. The summed E-state index contributed by atoms with van der Waals surface area (Å²) in [6.07, 6.45) is -0.648. The summed E-state index contributed by atoms with van der Waals surface area (Å²) in [5.41, 5.74) is 6.07. The number of benzene rings is 2. The van der Waals surface area contributed by atoms with Gasteiger partial charge < -0.3 is 10.5 Å². The highest BCUT2D eigenvalue weighted by Crippen LogP contribution is 2.17. The van der Waals surface area contributed by atoms with E-state index in [1.807, 2.05) is 0 Å². The van der Waals surface area contributed by atoms with Crippen LogP contribution in [0, 0.1) is 0 Å². The third kappa shape index (κ3) is 3.83. The van der Waals surface area contributed by atoms with E-state index < -0.39 is 12.0 Å². The van der Waals surface area contributed by atoms with E-state index in [1.165, 1.54) is 0 Å². The van der Waals surface area contributed by atoms with Crippen molar-refractivity contribution in [2.45, 2.75) is 13.0 Å². The van der Waals surface area contributed by atoms with Crippen LogP contribution in [0.25, 0.3) is 0 Å². The van der Waals surface area contributed by atoms with Crippen molar-refractivity contribution < 1.29 is 14.3 Å². The van der Waals surface area contributed by atoms with Gasteiger partial charge >= 0.3 is 0 Å². The van der Waals surface area contributed by atoms with E-state index in [9.17, 15) is 9.59 Å². The molecular formula is C16H14ClNO3. The first kappa shape index (κ1) is 15.1. The number of rotatable bonds is 5. The first-order valence-corrected chi connectivity index (χ1v) is 6.71. The van der Waals surface area contributed by atoms with Gasteiger partial charge in [-0.3, -0.25) is 9.59 Å². The Morgan fingerprint density at radius 3 is 2.05 bits per heavy atom. The Kier molecular flexibility index (Phi) is 4.60. The van der Waals surface area contributed by atoms with Gasteiger partial charge in [-0.2, -0.15) is 0 Å². The van der Waals surface area contributed by atoms with E-state index in [1.54, 1.807) is 55.5 Å². The van der Waals surface area contributed by atoms with Gasteiger partial charge in [0.1, 0.15) is 5.75 Å². The molecule has 108 valence electrons. The molecule has 0 heterocycles. The zero-order chi connectivity index (χ0) is 15.4. The van der Waals surface area contributed by atoms with E-state index in [0.717, 1.165) is 0 Å². The number of hydrogen-bond acceptors (Lipinski definition) is 3. The monoisotopic (exact) mass is 303 g/mol. The summed E-state index contributed by atoms with van der Waals surface area (Å²) in [4.78, 5) is 23.2. The highest BCUT2D eigenvalue weighted by molar-refractivity contribution is 6.30. The van der Waals surface area contributed by atoms with Crippen LogP contribution < -0.4 is 10.5 Å². The number of primary amides is 1. The Labute approximate surface area is 127 Å². The predicted molar refractivity (Wildman–Crippen MR) is 80.8 cm³/mol. The summed E-state index contributed by atoms with van der Waals surface area (Å²) >= 11 is 5.79. The van der Waals surface area contributed by atoms with Crippen LogP contribution in [-0.4, -0.2) is 17.8 Å². The number of nitrogens with two attached hydrogens (primary N) is 1. The van der Waals surface area contributed by atoms with Crippen LogP contribution in [0.1, 0.15) is 27.6 Å².